The predicted octanol–water partition coefficient (Wildman–Crippen LogP) is 1.78. The van der Waals surface area contributed by atoms with Gasteiger partial charge in [0.05, 0.1) is 6.54 Å². The molecule has 0 unspecified atom stereocenters. The Morgan fingerprint density at radius 1 is 1.44 bits per heavy atom. The van der Waals surface area contributed by atoms with E-state index < -0.39 is 0 Å². The number of amides is 2. The highest BCUT2D eigenvalue weighted by atomic mass is 16.5. The van der Waals surface area contributed by atoms with Crippen molar-refractivity contribution in [3.63, 3.8) is 0 Å². The molecule has 9 nitrogen and oxygen atoms in total. The zero-order valence-corrected chi connectivity index (χ0v) is 14.9. The highest BCUT2D eigenvalue weighted by Gasteiger charge is 2.27. The van der Waals surface area contributed by atoms with E-state index in [-0.39, 0.29) is 18.5 Å². The van der Waals surface area contributed by atoms with Gasteiger partial charge in [0.15, 0.2) is 11.6 Å². The van der Waals surface area contributed by atoms with E-state index >= 15 is 0 Å². The zero-order chi connectivity index (χ0) is 17.8. The van der Waals surface area contributed by atoms with Crippen molar-refractivity contribution in [1.82, 2.24) is 35.5 Å². The number of carbonyl (C=O) groups is 1. The molecule has 0 aromatic carbocycles. The van der Waals surface area contributed by atoms with Gasteiger partial charge in [-0.1, -0.05) is 19.0 Å². The van der Waals surface area contributed by atoms with E-state index in [0.29, 0.717) is 24.2 Å². The van der Waals surface area contributed by atoms with Crippen LogP contribution in [0.1, 0.15) is 56.0 Å². The number of hydrogen-bond acceptors (Lipinski definition) is 6. The standard InChI is InChI=1S/C16H25N7O2/c1-10(2)7-13-19-14(25-22-13)8-17-16(24)23-6-4-5-12(9-23)15-18-11(3)20-21-15/h10,12H,4-9H2,1-3H3,(H,17,24)(H,18,20,21)/t12-/m1/s1. The molecule has 3 rings (SSSR count). The maximum absolute atomic E-state index is 12.4. The smallest absolute Gasteiger partial charge is 0.317 e. The number of nitrogens with one attached hydrogen (secondary N) is 2. The molecular weight excluding hydrogens is 322 g/mol. The lowest BCUT2D eigenvalue weighted by Crippen LogP contribution is -2.44. The second-order valence-electron chi connectivity index (χ2n) is 6.93. The molecule has 3 heterocycles. The fraction of sp³-hybridized carbons (Fsp3) is 0.688. The number of rotatable bonds is 5. The van der Waals surface area contributed by atoms with Crippen LogP contribution in [-0.4, -0.2) is 49.3 Å². The van der Waals surface area contributed by atoms with Gasteiger partial charge < -0.3 is 14.7 Å². The molecule has 2 aromatic rings. The molecule has 0 bridgehead atoms. The van der Waals surface area contributed by atoms with Crippen LogP contribution in [0.4, 0.5) is 4.79 Å². The van der Waals surface area contributed by atoms with Gasteiger partial charge in [-0.25, -0.2) is 9.78 Å². The largest absolute Gasteiger partial charge is 0.337 e. The number of aryl methyl sites for hydroxylation is 1. The quantitative estimate of drug-likeness (QED) is 0.852. The Hall–Kier alpha value is -2.45. The van der Waals surface area contributed by atoms with Gasteiger partial charge in [-0.05, 0) is 25.7 Å². The maximum atomic E-state index is 12.4. The van der Waals surface area contributed by atoms with Crippen LogP contribution in [0.2, 0.25) is 0 Å². The molecule has 25 heavy (non-hydrogen) atoms. The van der Waals surface area contributed by atoms with E-state index in [1.54, 1.807) is 4.90 Å². The minimum absolute atomic E-state index is 0.124. The third-order valence-electron chi connectivity index (χ3n) is 4.18. The summed E-state index contributed by atoms with van der Waals surface area (Å²) in [6, 6.07) is -0.124. The van der Waals surface area contributed by atoms with Crippen LogP contribution in [0.5, 0.6) is 0 Å². The molecule has 0 radical (unpaired) electrons. The Morgan fingerprint density at radius 2 is 2.28 bits per heavy atom. The first-order valence-electron chi connectivity index (χ1n) is 8.74. The molecule has 2 aromatic heterocycles. The van der Waals surface area contributed by atoms with Gasteiger partial charge >= 0.3 is 6.03 Å². The fourth-order valence-electron chi connectivity index (χ4n) is 2.99. The highest BCUT2D eigenvalue weighted by Crippen LogP contribution is 2.24. The number of likely N-dealkylation sites (tertiary alicyclic amines) is 1. The second kappa shape index (κ2) is 7.62. The van der Waals surface area contributed by atoms with Crippen molar-refractivity contribution in [2.24, 2.45) is 5.92 Å². The summed E-state index contributed by atoms with van der Waals surface area (Å²) < 4.78 is 5.18. The van der Waals surface area contributed by atoms with Crippen LogP contribution >= 0.6 is 0 Å². The molecule has 1 saturated heterocycles. The van der Waals surface area contributed by atoms with E-state index in [4.69, 9.17) is 4.52 Å². The lowest BCUT2D eigenvalue weighted by molar-refractivity contribution is 0.176. The molecule has 2 N–H and O–H groups in total. The Kier molecular flexibility index (Phi) is 5.30. The summed E-state index contributed by atoms with van der Waals surface area (Å²) in [5, 5.41) is 13.9. The van der Waals surface area contributed by atoms with Gasteiger partial charge in [0.1, 0.15) is 5.82 Å². The Bertz CT molecular complexity index is 709. The summed E-state index contributed by atoms with van der Waals surface area (Å²) in [5.41, 5.74) is 0. The second-order valence-corrected chi connectivity index (χ2v) is 6.93. The van der Waals surface area contributed by atoms with Crippen LogP contribution in [-0.2, 0) is 13.0 Å². The third-order valence-corrected chi connectivity index (χ3v) is 4.18. The number of urea groups is 1. The summed E-state index contributed by atoms with van der Waals surface area (Å²) in [7, 11) is 0. The first-order valence-corrected chi connectivity index (χ1v) is 8.74. The van der Waals surface area contributed by atoms with Gasteiger partial charge in [0.2, 0.25) is 5.89 Å². The number of nitrogens with zero attached hydrogens (tertiary/aromatic N) is 5. The van der Waals surface area contributed by atoms with Gasteiger partial charge in [-0.15, -0.1) is 0 Å². The molecule has 1 fully saturated rings. The van der Waals surface area contributed by atoms with Gasteiger partial charge in [0.25, 0.3) is 0 Å². The topological polar surface area (TPSA) is 113 Å². The van der Waals surface area contributed by atoms with Crippen LogP contribution in [0, 0.1) is 12.8 Å². The Labute approximate surface area is 146 Å². The highest BCUT2D eigenvalue weighted by molar-refractivity contribution is 5.74. The minimum Gasteiger partial charge on any atom is -0.337 e. The molecule has 0 aliphatic carbocycles. The van der Waals surface area contributed by atoms with Gasteiger partial charge in [-0.3, -0.25) is 5.10 Å². The van der Waals surface area contributed by atoms with Gasteiger partial charge in [0, 0.05) is 25.4 Å². The summed E-state index contributed by atoms with van der Waals surface area (Å²) in [6.45, 7) is 7.66. The normalized spacial score (nSPS) is 17.9. The monoisotopic (exact) mass is 347 g/mol. The van der Waals surface area contributed by atoms with Crippen molar-refractivity contribution in [1.29, 1.82) is 0 Å². The maximum Gasteiger partial charge on any atom is 0.317 e. The number of piperidine rings is 1. The molecule has 1 aliphatic heterocycles. The Balaban J connectivity index is 1.51. The molecule has 136 valence electrons. The van der Waals surface area contributed by atoms with Crippen LogP contribution in [0.25, 0.3) is 0 Å². The lowest BCUT2D eigenvalue weighted by atomic mass is 9.98. The van der Waals surface area contributed by atoms with Gasteiger partial charge in [-0.2, -0.15) is 10.1 Å². The molecule has 1 aliphatic rings. The summed E-state index contributed by atoms with van der Waals surface area (Å²) in [6.07, 6.45) is 2.69. The predicted molar refractivity (Wildman–Crippen MR) is 89.7 cm³/mol. The summed E-state index contributed by atoms with van der Waals surface area (Å²) in [4.78, 5) is 22.9. The van der Waals surface area contributed by atoms with Crippen molar-refractivity contribution in [2.75, 3.05) is 13.1 Å². The summed E-state index contributed by atoms with van der Waals surface area (Å²) >= 11 is 0. The van der Waals surface area contributed by atoms with E-state index in [9.17, 15) is 4.79 Å². The molecule has 2 amide bonds. The zero-order valence-electron chi connectivity index (χ0n) is 14.9. The number of aromatic amines is 1. The van der Waals surface area contributed by atoms with Crippen LogP contribution in [0.15, 0.2) is 4.52 Å². The van der Waals surface area contributed by atoms with E-state index in [1.807, 2.05) is 6.92 Å². The van der Waals surface area contributed by atoms with E-state index in [2.05, 4.69) is 44.5 Å². The van der Waals surface area contributed by atoms with Crippen molar-refractivity contribution in [3.8, 4) is 0 Å². The number of H-pyrrole nitrogens is 1. The SMILES string of the molecule is Cc1nc([C@@H]2CCCN(C(=O)NCc3nc(CC(C)C)no3)C2)n[nH]1. The molecule has 9 heteroatoms. The molecule has 0 saturated carbocycles. The average Bonchev–Trinajstić information content (AvgIpc) is 3.21. The Morgan fingerprint density at radius 3 is 3.00 bits per heavy atom. The molecule has 0 spiro atoms. The van der Waals surface area contributed by atoms with Crippen molar-refractivity contribution in [3.05, 3.63) is 23.4 Å². The fourth-order valence-corrected chi connectivity index (χ4v) is 2.99. The summed E-state index contributed by atoms with van der Waals surface area (Å²) in [5.74, 6) is 3.32. The number of aromatic nitrogens is 5. The minimum atomic E-state index is -0.124. The lowest BCUT2D eigenvalue weighted by Gasteiger charge is -2.31. The average molecular weight is 347 g/mol. The van der Waals surface area contributed by atoms with E-state index in [1.165, 1.54) is 0 Å². The first kappa shape index (κ1) is 17.4. The third kappa shape index (κ3) is 4.55. The van der Waals surface area contributed by atoms with Crippen LogP contribution in [0.3, 0.4) is 0 Å². The van der Waals surface area contributed by atoms with Crippen molar-refractivity contribution >= 4 is 6.03 Å². The van der Waals surface area contributed by atoms with E-state index in [0.717, 1.165) is 37.5 Å². The van der Waals surface area contributed by atoms with Crippen molar-refractivity contribution < 1.29 is 9.32 Å². The first-order chi connectivity index (χ1) is 12.0. The number of hydrogen-bond donors (Lipinski definition) is 2. The number of carbonyl (C=O) groups excluding carboxylic acids is 1. The van der Waals surface area contributed by atoms with Crippen molar-refractivity contribution in [2.45, 2.75) is 52.5 Å². The molecule has 1 atom stereocenters. The molecular formula is C16H25N7O2. The van der Waals surface area contributed by atoms with Crippen LogP contribution < -0.4 is 5.32 Å².